The molecular formula is C13H18N2O5S. The van der Waals surface area contributed by atoms with E-state index in [-0.39, 0.29) is 16.3 Å². The predicted octanol–water partition coefficient (Wildman–Crippen LogP) is 0.502. The molecule has 2 fully saturated rings. The first-order chi connectivity index (χ1) is 9.93. The standard InChI is InChI=1S/C13H18N2O5S/c14-11-9-10(1-2-12(11)16)21(17,18)15-5-3-13(4-6-15)19-7-8-20-13/h1-2,9,16H,3-8,14H2. The molecule has 1 aromatic carbocycles. The van der Waals surface area contributed by atoms with E-state index in [2.05, 4.69) is 0 Å². The van der Waals surface area contributed by atoms with E-state index in [0.717, 1.165) is 0 Å². The van der Waals surface area contributed by atoms with Crippen molar-refractivity contribution in [3.05, 3.63) is 18.2 Å². The van der Waals surface area contributed by atoms with Crippen molar-refractivity contribution >= 4 is 15.7 Å². The number of nitrogen functional groups attached to an aromatic ring is 1. The van der Waals surface area contributed by atoms with Crippen LogP contribution in [0.3, 0.4) is 0 Å². The fourth-order valence-corrected chi connectivity index (χ4v) is 4.17. The van der Waals surface area contributed by atoms with Crippen molar-refractivity contribution in [2.24, 2.45) is 0 Å². The Bertz CT molecular complexity index is 630. The van der Waals surface area contributed by atoms with Crippen LogP contribution in [0.4, 0.5) is 5.69 Å². The second-order valence-corrected chi connectivity index (χ2v) is 7.17. The van der Waals surface area contributed by atoms with E-state index in [1.807, 2.05) is 0 Å². The normalized spacial score (nSPS) is 22.7. The molecule has 1 spiro atoms. The molecular weight excluding hydrogens is 296 g/mol. The van der Waals surface area contributed by atoms with E-state index in [9.17, 15) is 13.5 Å². The summed E-state index contributed by atoms with van der Waals surface area (Å²) in [7, 11) is -3.62. The van der Waals surface area contributed by atoms with Gasteiger partial charge in [-0.3, -0.25) is 0 Å². The van der Waals surface area contributed by atoms with Gasteiger partial charge in [-0.1, -0.05) is 0 Å². The number of nitrogens with two attached hydrogens (primary N) is 1. The molecule has 0 aliphatic carbocycles. The third-order valence-electron chi connectivity index (χ3n) is 3.93. The summed E-state index contributed by atoms with van der Waals surface area (Å²) in [5.74, 6) is -0.737. The van der Waals surface area contributed by atoms with Gasteiger partial charge in [0.15, 0.2) is 5.79 Å². The lowest BCUT2D eigenvalue weighted by atomic mass is 10.1. The highest BCUT2D eigenvalue weighted by molar-refractivity contribution is 7.89. The van der Waals surface area contributed by atoms with Crippen molar-refractivity contribution in [1.29, 1.82) is 0 Å². The Morgan fingerprint density at radius 2 is 1.81 bits per heavy atom. The van der Waals surface area contributed by atoms with Crippen LogP contribution in [0, 0.1) is 0 Å². The minimum atomic E-state index is -3.62. The van der Waals surface area contributed by atoms with Crippen LogP contribution in [0.1, 0.15) is 12.8 Å². The van der Waals surface area contributed by atoms with Gasteiger partial charge >= 0.3 is 0 Å². The number of ether oxygens (including phenoxy) is 2. The van der Waals surface area contributed by atoms with Gasteiger partial charge in [-0.25, -0.2) is 8.42 Å². The first-order valence-corrected chi connectivity index (χ1v) is 8.24. The number of phenolic OH excluding ortho intramolecular Hbond substituents is 1. The molecule has 3 N–H and O–H groups in total. The fraction of sp³-hybridized carbons (Fsp3) is 0.538. The Morgan fingerprint density at radius 3 is 2.38 bits per heavy atom. The highest BCUT2D eigenvalue weighted by Crippen LogP contribution is 2.34. The van der Waals surface area contributed by atoms with Gasteiger partial charge in [-0.2, -0.15) is 4.31 Å². The Kier molecular flexibility index (Phi) is 3.56. The van der Waals surface area contributed by atoms with Crippen molar-refractivity contribution in [1.82, 2.24) is 4.31 Å². The zero-order valence-electron chi connectivity index (χ0n) is 11.5. The summed E-state index contributed by atoms with van der Waals surface area (Å²) < 4.78 is 37.7. The minimum Gasteiger partial charge on any atom is -0.506 e. The van der Waals surface area contributed by atoms with Crippen LogP contribution >= 0.6 is 0 Å². The van der Waals surface area contributed by atoms with Gasteiger partial charge in [-0.05, 0) is 18.2 Å². The monoisotopic (exact) mass is 314 g/mol. The topological polar surface area (TPSA) is 102 Å². The number of piperidine rings is 1. The van der Waals surface area contributed by atoms with Gasteiger partial charge in [0, 0.05) is 25.9 Å². The van der Waals surface area contributed by atoms with Crippen molar-refractivity contribution < 1.29 is 23.0 Å². The fourth-order valence-electron chi connectivity index (χ4n) is 2.70. The van der Waals surface area contributed by atoms with Crippen LogP contribution in [0.2, 0.25) is 0 Å². The molecule has 0 bridgehead atoms. The third-order valence-corrected chi connectivity index (χ3v) is 5.83. The molecule has 2 heterocycles. The third kappa shape index (κ3) is 2.59. The number of hydrogen-bond acceptors (Lipinski definition) is 6. The van der Waals surface area contributed by atoms with Crippen LogP contribution in [0.15, 0.2) is 23.1 Å². The molecule has 2 aliphatic heterocycles. The second-order valence-electron chi connectivity index (χ2n) is 5.23. The first-order valence-electron chi connectivity index (χ1n) is 6.80. The zero-order valence-corrected chi connectivity index (χ0v) is 12.3. The van der Waals surface area contributed by atoms with Crippen LogP contribution in [0.25, 0.3) is 0 Å². The molecule has 1 aromatic rings. The summed E-state index contributed by atoms with van der Waals surface area (Å²) in [6.45, 7) is 1.79. The number of aromatic hydroxyl groups is 1. The van der Waals surface area contributed by atoms with Crippen molar-refractivity contribution in [2.45, 2.75) is 23.5 Å². The maximum Gasteiger partial charge on any atom is 0.243 e. The molecule has 8 heteroatoms. The molecule has 21 heavy (non-hydrogen) atoms. The van der Waals surface area contributed by atoms with Crippen LogP contribution in [-0.4, -0.2) is 49.9 Å². The lowest BCUT2D eigenvalue weighted by Crippen LogP contribution is -2.47. The van der Waals surface area contributed by atoms with E-state index in [1.165, 1.54) is 22.5 Å². The molecule has 2 saturated heterocycles. The summed E-state index contributed by atoms with van der Waals surface area (Å²) in [4.78, 5) is 0.0852. The SMILES string of the molecule is Nc1cc(S(=O)(=O)N2CCC3(CC2)OCCO3)ccc1O. The number of phenols is 1. The van der Waals surface area contributed by atoms with E-state index in [1.54, 1.807) is 0 Å². The first kappa shape index (κ1) is 14.6. The molecule has 7 nitrogen and oxygen atoms in total. The van der Waals surface area contributed by atoms with E-state index in [4.69, 9.17) is 15.2 Å². The lowest BCUT2D eigenvalue weighted by Gasteiger charge is -2.36. The van der Waals surface area contributed by atoms with E-state index >= 15 is 0 Å². The van der Waals surface area contributed by atoms with E-state index < -0.39 is 15.8 Å². The van der Waals surface area contributed by atoms with E-state index in [0.29, 0.717) is 39.1 Å². The molecule has 0 saturated carbocycles. The van der Waals surface area contributed by atoms with Crippen molar-refractivity contribution in [2.75, 3.05) is 32.0 Å². The van der Waals surface area contributed by atoms with Crippen LogP contribution in [0.5, 0.6) is 5.75 Å². The second kappa shape index (κ2) is 5.13. The average molecular weight is 314 g/mol. The molecule has 2 aliphatic rings. The Morgan fingerprint density at radius 1 is 1.19 bits per heavy atom. The summed E-state index contributed by atoms with van der Waals surface area (Å²) in [5, 5.41) is 9.39. The van der Waals surface area contributed by atoms with Crippen LogP contribution in [-0.2, 0) is 19.5 Å². The van der Waals surface area contributed by atoms with Gasteiger partial charge < -0.3 is 20.3 Å². The maximum atomic E-state index is 12.6. The molecule has 0 amide bonds. The summed E-state index contributed by atoms with van der Waals surface area (Å²) in [6.07, 6.45) is 1.03. The average Bonchev–Trinajstić information content (AvgIpc) is 2.90. The summed E-state index contributed by atoms with van der Waals surface area (Å²) in [6, 6.07) is 3.92. The number of benzene rings is 1. The maximum absolute atomic E-state index is 12.6. The number of anilines is 1. The number of hydrogen-bond donors (Lipinski definition) is 2. The van der Waals surface area contributed by atoms with Crippen LogP contribution < -0.4 is 5.73 Å². The largest absolute Gasteiger partial charge is 0.506 e. The summed E-state index contributed by atoms with van der Waals surface area (Å²) in [5.41, 5.74) is 5.62. The number of rotatable bonds is 2. The quantitative estimate of drug-likeness (QED) is 0.609. The Labute approximate surface area is 123 Å². The number of sulfonamides is 1. The molecule has 0 radical (unpaired) electrons. The lowest BCUT2D eigenvalue weighted by molar-refractivity contribution is -0.179. The molecule has 0 atom stereocenters. The van der Waals surface area contributed by atoms with Gasteiger partial charge in [-0.15, -0.1) is 0 Å². The highest BCUT2D eigenvalue weighted by atomic mass is 32.2. The zero-order chi connectivity index (χ0) is 15.1. The highest BCUT2D eigenvalue weighted by Gasteiger charge is 2.42. The summed E-state index contributed by atoms with van der Waals surface area (Å²) >= 11 is 0. The molecule has 0 aromatic heterocycles. The smallest absolute Gasteiger partial charge is 0.243 e. The Balaban J connectivity index is 1.78. The van der Waals surface area contributed by atoms with Gasteiger partial charge in [0.05, 0.1) is 23.8 Å². The van der Waals surface area contributed by atoms with Crippen molar-refractivity contribution in [3.8, 4) is 5.75 Å². The molecule has 0 unspecified atom stereocenters. The van der Waals surface area contributed by atoms with Crippen molar-refractivity contribution in [3.63, 3.8) is 0 Å². The van der Waals surface area contributed by atoms with Gasteiger partial charge in [0.2, 0.25) is 10.0 Å². The van der Waals surface area contributed by atoms with Gasteiger partial charge in [0.25, 0.3) is 0 Å². The minimum absolute atomic E-state index is 0.0482. The molecule has 116 valence electrons. The number of nitrogens with zero attached hydrogens (tertiary/aromatic N) is 1. The molecule has 3 rings (SSSR count). The predicted molar refractivity (Wildman–Crippen MR) is 75.1 cm³/mol. The Hall–Kier alpha value is -1.35. The van der Waals surface area contributed by atoms with Gasteiger partial charge in [0.1, 0.15) is 5.75 Å².